The quantitative estimate of drug-likeness (QED) is 0.546. The Morgan fingerprint density at radius 1 is 1.43 bits per heavy atom. The fourth-order valence-electron chi connectivity index (χ4n) is 1.13. The molecule has 0 saturated carbocycles. The van der Waals surface area contributed by atoms with Crippen LogP contribution in [-0.2, 0) is 0 Å². The molecule has 70 valence electrons. The molecule has 1 N–H and O–H groups in total. The van der Waals surface area contributed by atoms with Gasteiger partial charge in [0, 0.05) is 29.3 Å². The molecule has 0 aliphatic heterocycles. The summed E-state index contributed by atoms with van der Waals surface area (Å²) < 4.78 is 0. The smallest absolute Gasteiger partial charge is 0.155 e. The van der Waals surface area contributed by atoms with Gasteiger partial charge in [0.2, 0.25) is 0 Å². The molecule has 0 aliphatic carbocycles. The third-order valence-electron chi connectivity index (χ3n) is 1.76. The molecule has 2 aromatic heterocycles. The molecule has 0 amide bonds. The van der Waals surface area contributed by atoms with Crippen molar-refractivity contribution in [3.05, 3.63) is 24.0 Å². The maximum atomic E-state index is 4.18. The number of pyridine rings is 1. The summed E-state index contributed by atoms with van der Waals surface area (Å²) in [5.41, 5.74) is 1.71. The lowest BCUT2D eigenvalue weighted by atomic mass is 10.2. The molecular weight excluding hydrogens is 194 g/mol. The van der Waals surface area contributed by atoms with E-state index in [4.69, 9.17) is 0 Å². The SMILES string of the molecule is SCCC#Cc1cnc2[nH]ncc2c1. The van der Waals surface area contributed by atoms with Gasteiger partial charge in [-0.3, -0.25) is 5.10 Å². The van der Waals surface area contributed by atoms with Crippen LogP contribution in [-0.4, -0.2) is 20.9 Å². The molecule has 14 heavy (non-hydrogen) atoms. The summed E-state index contributed by atoms with van der Waals surface area (Å²) in [6, 6.07) is 1.97. The van der Waals surface area contributed by atoms with Gasteiger partial charge in [-0.2, -0.15) is 17.7 Å². The number of rotatable bonds is 1. The van der Waals surface area contributed by atoms with Gasteiger partial charge in [0.15, 0.2) is 5.65 Å². The largest absolute Gasteiger partial charge is 0.261 e. The van der Waals surface area contributed by atoms with Crippen LogP contribution in [0.5, 0.6) is 0 Å². The summed E-state index contributed by atoms with van der Waals surface area (Å²) in [5, 5.41) is 7.67. The lowest BCUT2D eigenvalue weighted by Crippen LogP contribution is -1.80. The molecule has 3 nitrogen and oxygen atoms in total. The van der Waals surface area contributed by atoms with Crippen LogP contribution in [0.25, 0.3) is 11.0 Å². The van der Waals surface area contributed by atoms with Crippen molar-refractivity contribution < 1.29 is 0 Å². The summed E-state index contributed by atoms with van der Waals surface area (Å²) >= 11 is 4.08. The summed E-state index contributed by atoms with van der Waals surface area (Å²) in [6.07, 6.45) is 4.28. The molecule has 0 unspecified atom stereocenters. The lowest BCUT2D eigenvalue weighted by molar-refractivity contribution is 1.10. The average Bonchev–Trinajstić information content (AvgIpc) is 2.65. The Hall–Kier alpha value is -1.47. The van der Waals surface area contributed by atoms with Gasteiger partial charge in [0.1, 0.15) is 0 Å². The lowest BCUT2D eigenvalue weighted by Gasteiger charge is -1.89. The first-order chi connectivity index (χ1) is 6.90. The van der Waals surface area contributed by atoms with Gasteiger partial charge in [-0.05, 0) is 6.07 Å². The summed E-state index contributed by atoms with van der Waals surface area (Å²) in [5.74, 6) is 6.82. The number of H-pyrrole nitrogens is 1. The van der Waals surface area contributed by atoms with E-state index in [9.17, 15) is 0 Å². The van der Waals surface area contributed by atoms with E-state index in [2.05, 4.69) is 39.7 Å². The molecule has 0 saturated heterocycles. The summed E-state index contributed by atoms with van der Waals surface area (Å²) in [7, 11) is 0. The number of fused-ring (bicyclic) bond motifs is 1. The van der Waals surface area contributed by atoms with E-state index in [1.165, 1.54) is 0 Å². The molecule has 0 spiro atoms. The Kier molecular flexibility index (Phi) is 2.70. The van der Waals surface area contributed by atoms with Crippen LogP contribution < -0.4 is 0 Å². The first-order valence-corrected chi connectivity index (χ1v) is 4.92. The highest BCUT2D eigenvalue weighted by atomic mass is 32.1. The molecule has 0 bridgehead atoms. The third kappa shape index (κ3) is 1.88. The van der Waals surface area contributed by atoms with E-state index in [0.717, 1.165) is 28.8 Å². The predicted octanol–water partition coefficient (Wildman–Crippen LogP) is 1.63. The molecule has 0 atom stereocenters. The maximum Gasteiger partial charge on any atom is 0.155 e. The third-order valence-corrected chi connectivity index (χ3v) is 1.98. The van der Waals surface area contributed by atoms with Gasteiger partial charge in [-0.15, -0.1) is 0 Å². The summed E-state index contributed by atoms with van der Waals surface area (Å²) in [4.78, 5) is 4.18. The maximum absolute atomic E-state index is 4.18. The zero-order chi connectivity index (χ0) is 9.80. The fraction of sp³-hybridized carbons (Fsp3) is 0.200. The van der Waals surface area contributed by atoms with E-state index in [1.54, 1.807) is 12.4 Å². The molecule has 2 rings (SSSR count). The number of nitrogens with zero attached hydrogens (tertiary/aromatic N) is 2. The zero-order valence-corrected chi connectivity index (χ0v) is 8.38. The number of aromatic nitrogens is 3. The normalized spacial score (nSPS) is 9.79. The minimum absolute atomic E-state index is 0.786. The number of aromatic amines is 1. The zero-order valence-electron chi connectivity index (χ0n) is 7.49. The molecule has 4 heteroatoms. The number of hydrogen-bond acceptors (Lipinski definition) is 3. The van der Waals surface area contributed by atoms with Crippen LogP contribution in [0.1, 0.15) is 12.0 Å². The molecule has 2 heterocycles. The van der Waals surface area contributed by atoms with Gasteiger partial charge in [-0.1, -0.05) is 11.8 Å². The van der Waals surface area contributed by atoms with Gasteiger partial charge in [0.05, 0.1) is 6.20 Å². The number of hydrogen-bond donors (Lipinski definition) is 2. The Labute approximate surface area is 87.3 Å². The highest BCUT2D eigenvalue weighted by Gasteiger charge is 1.96. The number of nitrogens with one attached hydrogen (secondary N) is 1. The van der Waals surface area contributed by atoms with E-state index < -0.39 is 0 Å². The van der Waals surface area contributed by atoms with Crippen molar-refractivity contribution in [3.63, 3.8) is 0 Å². The van der Waals surface area contributed by atoms with Gasteiger partial charge < -0.3 is 0 Å². The van der Waals surface area contributed by atoms with Crippen molar-refractivity contribution in [2.45, 2.75) is 6.42 Å². The van der Waals surface area contributed by atoms with Crippen LogP contribution in [0, 0.1) is 11.8 Å². The number of thiol groups is 1. The molecule has 0 fully saturated rings. The predicted molar refractivity (Wildman–Crippen MR) is 59.2 cm³/mol. The molecule has 2 aromatic rings. The fourth-order valence-corrected chi connectivity index (χ4v) is 1.24. The van der Waals surface area contributed by atoms with Crippen LogP contribution in [0.3, 0.4) is 0 Å². The second kappa shape index (κ2) is 4.16. The minimum atomic E-state index is 0.786. The molecule has 0 aromatic carbocycles. The molecular formula is C10H9N3S. The van der Waals surface area contributed by atoms with Gasteiger partial charge in [0.25, 0.3) is 0 Å². The van der Waals surface area contributed by atoms with Crippen molar-refractivity contribution >= 4 is 23.7 Å². The topological polar surface area (TPSA) is 41.6 Å². The van der Waals surface area contributed by atoms with Crippen molar-refractivity contribution in [2.24, 2.45) is 0 Å². The Morgan fingerprint density at radius 2 is 2.36 bits per heavy atom. The average molecular weight is 203 g/mol. The van der Waals surface area contributed by atoms with Gasteiger partial charge >= 0.3 is 0 Å². The second-order valence-electron chi connectivity index (χ2n) is 2.81. The van der Waals surface area contributed by atoms with Crippen molar-refractivity contribution in [1.29, 1.82) is 0 Å². The Bertz CT molecular complexity index is 493. The standard InChI is InChI=1S/C10H9N3S/c14-4-2-1-3-8-5-9-7-12-13-10(9)11-6-8/h5-7,14H,2,4H2,(H,11,12,13). The van der Waals surface area contributed by atoms with E-state index in [0.29, 0.717) is 0 Å². The Morgan fingerprint density at radius 3 is 3.21 bits per heavy atom. The molecule has 0 radical (unpaired) electrons. The highest BCUT2D eigenvalue weighted by Crippen LogP contribution is 2.08. The minimum Gasteiger partial charge on any atom is -0.261 e. The van der Waals surface area contributed by atoms with Crippen molar-refractivity contribution in [3.8, 4) is 11.8 Å². The first kappa shape index (κ1) is 9.10. The van der Waals surface area contributed by atoms with E-state index in [-0.39, 0.29) is 0 Å². The second-order valence-corrected chi connectivity index (χ2v) is 3.25. The van der Waals surface area contributed by atoms with Crippen molar-refractivity contribution in [1.82, 2.24) is 15.2 Å². The monoisotopic (exact) mass is 203 g/mol. The van der Waals surface area contributed by atoms with Crippen LogP contribution in [0.2, 0.25) is 0 Å². The van der Waals surface area contributed by atoms with E-state index >= 15 is 0 Å². The summed E-state index contributed by atoms with van der Waals surface area (Å²) in [6.45, 7) is 0. The van der Waals surface area contributed by atoms with Crippen LogP contribution in [0.4, 0.5) is 0 Å². The van der Waals surface area contributed by atoms with Gasteiger partial charge in [-0.25, -0.2) is 4.98 Å². The van der Waals surface area contributed by atoms with Crippen LogP contribution >= 0.6 is 12.6 Å². The van der Waals surface area contributed by atoms with Crippen LogP contribution in [0.15, 0.2) is 18.5 Å². The first-order valence-electron chi connectivity index (χ1n) is 4.29. The Balaban J connectivity index is 2.31. The van der Waals surface area contributed by atoms with E-state index in [1.807, 2.05) is 6.07 Å². The van der Waals surface area contributed by atoms with Crippen molar-refractivity contribution in [2.75, 3.05) is 5.75 Å². The highest BCUT2D eigenvalue weighted by molar-refractivity contribution is 7.80. The molecule has 0 aliphatic rings.